The molecule has 0 atom stereocenters. The molecular weight excluding hydrogens is 338 g/mol. The summed E-state index contributed by atoms with van der Waals surface area (Å²) in [4.78, 5) is 19.6. The molecule has 2 aromatic rings. The molecular formula is C15H20ClN3OS2. The zero-order valence-corrected chi connectivity index (χ0v) is 15.3. The Balaban J connectivity index is 1.99. The molecule has 0 fully saturated rings. The van der Waals surface area contributed by atoms with Crippen LogP contribution in [0.1, 0.15) is 19.5 Å². The van der Waals surface area contributed by atoms with Gasteiger partial charge in [-0.3, -0.25) is 4.79 Å². The first kappa shape index (κ1) is 17.4. The molecule has 2 N–H and O–H groups in total. The molecule has 22 heavy (non-hydrogen) atoms. The van der Waals surface area contributed by atoms with Crippen molar-refractivity contribution in [3.05, 3.63) is 27.5 Å². The number of thiophene rings is 1. The quantitative estimate of drug-likeness (QED) is 0.860. The normalized spacial score (nSPS) is 11.7. The Labute approximate surface area is 143 Å². The van der Waals surface area contributed by atoms with Gasteiger partial charge in [0.2, 0.25) is 5.91 Å². The molecule has 4 nitrogen and oxygen atoms in total. The first-order valence-electron chi connectivity index (χ1n) is 6.95. The molecule has 0 spiro atoms. The average molecular weight is 358 g/mol. The summed E-state index contributed by atoms with van der Waals surface area (Å²) in [5.74, 6) is 0.0580. The number of amides is 1. The summed E-state index contributed by atoms with van der Waals surface area (Å²) >= 11 is 8.97. The first-order chi connectivity index (χ1) is 10.3. The summed E-state index contributed by atoms with van der Waals surface area (Å²) in [5.41, 5.74) is 6.44. The maximum absolute atomic E-state index is 12.3. The van der Waals surface area contributed by atoms with Crippen LogP contribution in [0.15, 0.2) is 17.5 Å². The van der Waals surface area contributed by atoms with Crippen LogP contribution >= 0.6 is 34.3 Å². The van der Waals surface area contributed by atoms with E-state index in [0.717, 1.165) is 19.9 Å². The van der Waals surface area contributed by atoms with Gasteiger partial charge < -0.3 is 10.6 Å². The lowest BCUT2D eigenvalue weighted by atomic mass is 9.93. The number of nitrogens with zero attached hydrogens (tertiary/aromatic N) is 2. The molecule has 0 aromatic carbocycles. The maximum atomic E-state index is 12.3. The van der Waals surface area contributed by atoms with Gasteiger partial charge in [0.25, 0.3) is 0 Å². The fraction of sp³-hybridized carbons (Fsp3) is 0.467. The SMILES string of the molecule is CN(CC(C)(C)CN)C(=O)Cc1csc(-c2ccc(Cl)s2)n1. The lowest BCUT2D eigenvalue weighted by Crippen LogP contribution is -2.40. The summed E-state index contributed by atoms with van der Waals surface area (Å²) in [6.07, 6.45) is 0.312. The van der Waals surface area contributed by atoms with Crippen LogP contribution in [0.2, 0.25) is 4.34 Å². The molecule has 7 heteroatoms. The van der Waals surface area contributed by atoms with Crippen molar-refractivity contribution in [2.24, 2.45) is 11.1 Å². The lowest BCUT2D eigenvalue weighted by Gasteiger charge is -2.28. The fourth-order valence-corrected chi connectivity index (χ4v) is 3.95. The molecule has 2 aromatic heterocycles. The third kappa shape index (κ3) is 4.52. The van der Waals surface area contributed by atoms with Crippen LogP contribution < -0.4 is 5.73 Å². The van der Waals surface area contributed by atoms with Gasteiger partial charge in [-0.2, -0.15) is 0 Å². The second-order valence-corrected chi connectivity index (χ2v) is 8.62. The van der Waals surface area contributed by atoms with Gasteiger partial charge >= 0.3 is 0 Å². The number of carbonyl (C=O) groups is 1. The van der Waals surface area contributed by atoms with Gasteiger partial charge in [-0.1, -0.05) is 25.4 Å². The molecule has 2 rings (SSSR count). The number of thiazole rings is 1. The van der Waals surface area contributed by atoms with Gasteiger partial charge in [-0.15, -0.1) is 22.7 Å². The summed E-state index contributed by atoms with van der Waals surface area (Å²) in [7, 11) is 1.81. The molecule has 2 heterocycles. The highest BCUT2D eigenvalue weighted by Gasteiger charge is 2.21. The lowest BCUT2D eigenvalue weighted by molar-refractivity contribution is -0.130. The van der Waals surface area contributed by atoms with E-state index in [-0.39, 0.29) is 11.3 Å². The van der Waals surface area contributed by atoms with Crippen molar-refractivity contribution in [2.75, 3.05) is 20.1 Å². The first-order valence-corrected chi connectivity index (χ1v) is 9.02. The average Bonchev–Trinajstić information content (AvgIpc) is 3.07. The number of aromatic nitrogens is 1. The van der Waals surface area contributed by atoms with Crippen molar-refractivity contribution in [3.8, 4) is 9.88 Å². The molecule has 0 aliphatic carbocycles. The zero-order chi connectivity index (χ0) is 16.3. The van der Waals surface area contributed by atoms with Gasteiger partial charge in [-0.05, 0) is 24.1 Å². The minimum Gasteiger partial charge on any atom is -0.345 e. The van der Waals surface area contributed by atoms with Crippen LogP contribution in [0, 0.1) is 5.41 Å². The fourth-order valence-electron chi connectivity index (χ4n) is 2.02. The molecule has 0 aliphatic heterocycles. The Morgan fingerprint density at radius 1 is 1.45 bits per heavy atom. The molecule has 0 bridgehead atoms. The number of carbonyl (C=O) groups excluding carboxylic acids is 1. The van der Waals surface area contributed by atoms with Gasteiger partial charge in [-0.25, -0.2) is 4.98 Å². The van der Waals surface area contributed by atoms with Gasteiger partial charge in [0.1, 0.15) is 5.01 Å². The van der Waals surface area contributed by atoms with Gasteiger partial charge in [0.05, 0.1) is 21.3 Å². The van der Waals surface area contributed by atoms with Crippen LogP contribution in [-0.2, 0) is 11.2 Å². The van der Waals surface area contributed by atoms with Crippen LogP contribution in [0.5, 0.6) is 0 Å². The highest BCUT2D eigenvalue weighted by Crippen LogP contribution is 2.33. The second kappa shape index (κ2) is 7.08. The van der Waals surface area contributed by atoms with Crippen LogP contribution in [-0.4, -0.2) is 35.9 Å². The predicted octanol–water partition coefficient (Wildman–Crippen LogP) is 3.51. The highest BCUT2D eigenvalue weighted by atomic mass is 35.5. The Morgan fingerprint density at radius 2 is 2.18 bits per heavy atom. The van der Waals surface area contributed by atoms with E-state index in [4.69, 9.17) is 17.3 Å². The Kier molecular flexibility index (Phi) is 5.60. The smallest absolute Gasteiger partial charge is 0.228 e. The second-order valence-electron chi connectivity index (χ2n) is 6.04. The Hall–Kier alpha value is -0.950. The summed E-state index contributed by atoms with van der Waals surface area (Å²) in [6, 6.07) is 3.81. The van der Waals surface area contributed by atoms with Crippen molar-refractivity contribution >= 4 is 40.2 Å². The molecule has 0 aliphatic rings. The highest BCUT2D eigenvalue weighted by molar-refractivity contribution is 7.23. The maximum Gasteiger partial charge on any atom is 0.228 e. The zero-order valence-electron chi connectivity index (χ0n) is 12.9. The molecule has 1 amide bonds. The van der Waals surface area contributed by atoms with Crippen molar-refractivity contribution in [1.82, 2.24) is 9.88 Å². The Bertz CT molecular complexity index is 651. The van der Waals surface area contributed by atoms with Crippen LogP contribution in [0.4, 0.5) is 0 Å². The van der Waals surface area contributed by atoms with E-state index < -0.39 is 0 Å². The van der Waals surface area contributed by atoms with E-state index in [0.29, 0.717) is 19.5 Å². The van der Waals surface area contributed by atoms with Crippen LogP contribution in [0.3, 0.4) is 0 Å². The van der Waals surface area contributed by atoms with E-state index >= 15 is 0 Å². The monoisotopic (exact) mass is 357 g/mol. The minimum atomic E-state index is -0.0780. The summed E-state index contributed by atoms with van der Waals surface area (Å²) in [6.45, 7) is 5.29. The minimum absolute atomic E-state index is 0.0580. The summed E-state index contributed by atoms with van der Waals surface area (Å²) in [5, 5.41) is 2.84. The summed E-state index contributed by atoms with van der Waals surface area (Å²) < 4.78 is 0.742. The topological polar surface area (TPSA) is 59.2 Å². The molecule has 120 valence electrons. The third-order valence-electron chi connectivity index (χ3n) is 3.31. The van der Waals surface area contributed by atoms with Crippen molar-refractivity contribution in [2.45, 2.75) is 20.3 Å². The van der Waals surface area contributed by atoms with Gasteiger partial charge in [0.15, 0.2) is 0 Å². The van der Waals surface area contributed by atoms with E-state index in [9.17, 15) is 4.79 Å². The van der Waals surface area contributed by atoms with Crippen molar-refractivity contribution in [3.63, 3.8) is 0 Å². The third-order valence-corrected chi connectivity index (χ3v) is 5.60. The van der Waals surface area contributed by atoms with Crippen molar-refractivity contribution in [1.29, 1.82) is 0 Å². The number of likely N-dealkylation sites (N-methyl/N-ethyl adjacent to an activating group) is 1. The standard InChI is InChI=1S/C15H20ClN3OS2/c1-15(2,8-17)9-19(3)13(20)6-10-7-21-14(18-10)11-4-5-12(16)22-11/h4-5,7H,6,8-9,17H2,1-3H3. The number of hydrogen-bond donors (Lipinski definition) is 1. The van der Waals surface area contributed by atoms with E-state index in [1.165, 1.54) is 22.7 Å². The Morgan fingerprint density at radius 3 is 2.77 bits per heavy atom. The molecule has 0 saturated heterocycles. The number of nitrogens with two attached hydrogens (primary N) is 1. The van der Waals surface area contributed by atoms with E-state index in [1.807, 2.05) is 24.6 Å². The van der Waals surface area contributed by atoms with Gasteiger partial charge in [0, 0.05) is 19.0 Å². The number of hydrogen-bond acceptors (Lipinski definition) is 5. The predicted molar refractivity (Wildman–Crippen MR) is 94.6 cm³/mol. The molecule has 0 radical (unpaired) electrons. The number of rotatable bonds is 6. The van der Waals surface area contributed by atoms with E-state index in [2.05, 4.69) is 18.8 Å². The molecule has 0 unspecified atom stereocenters. The molecule has 0 saturated carbocycles. The number of halogens is 1. The van der Waals surface area contributed by atoms with Crippen LogP contribution in [0.25, 0.3) is 9.88 Å². The van der Waals surface area contributed by atoms with Crippen molar-refractivity contribution < 1.29 is 4.79 Å². The largest absolute Gasteiger partial charge is 0.345 e. The van der Waals surface area contributed by atoms with E-state index in [1.54, 1.807) is 4.90 Å².